The molecular formula is C75H115N19O27. The van der Waals surface area contributed by atoms with Crippen LogP contribution in [0.3, 0.4) is 0 Å². The maximum atomic E-state index is 14.3. The molecule has 0 fully saturated rings. The number of rotatable bonds is 57. The van der Waals surface area contributed by atoms with Gasteiger partial charge in [0, 0.05) is 44.9 Å². The minimum atomic E-state index is -2.02. The quantitative estimate of drug-likeness (QED) is 0.0292. The van der Waals surface area contributed by atoms with Gasteiger partial charge in [0.25, 0.3) is 0 Å². The Hall–Kier alpha value is -12.7. The number of aliphatic hydroxyl groups excluding tert-OH is 3. The first-order valence-electron chi connectivity index (χ1n) is 38.6. The zero-order chi connectivity index (χ0) is 91.7. The molecule has 0 saturated heterocycles. The number of nitrogens with one attached hydrogen (secondary N) is 14. The van der Waals surface area contributed by atoms with E-state index in [1.165, 1.54) is 55.5 Å². The van der Waals surface area contributed by atoms with E-state index in [4.69, 9.17) is 28.7 Å². The minimum Gasteiger partial charge on any atom is -0.508 e. The molecule has 46 nitrogen and oxygen atoms in total. The summed E-state index contributed by atoms with van der Waals surface area (Å²) < 4.78 is 0. The standard InChI is InChI=1S/C75H115N19O27/c1-35(2)26-48(69(114)90-51(29-39-8-12-41(98)13-9-39)72(117)91-52(75(120)121)30-40-10-14-42(99)15-11-40)82-60(104)31-81-63(108)53(32-95)92-67(112)45(18-23-58(79)102)84-64(109)43(16-21-56(77)100)83-66(111)47(20-25-61(105)106)85-65(110)44(17-22-57(78)101)86-71(116)50(28-37(5)6)89-73(118)54(33-96)94-74(119)55(34-97)93-68(113)46(19-24-59(80)103)87-70(115)49(27-36(3)4)88-62(107)38(7)76/h8-15,35-38,43-55,95-99H,16-34,76H2,1-7H3,(H2,77,100)(H2,78,101)(H2,79,102)(H2,80,103)(H,81,108)(H,82,104)(H,83,111)(H,84,109)(H,85,110)(H,86,116)(H,87,115)(H,88,107)(H,89,118)(H,90,114)(H,91,117)(H,92,112)(H,93,113)(H,94,119)(H,105,106)(H,120,121)/t38-,43-,44-,45-,46-,47-,48-,49-,50-,51-,52-,53-,54-,55-/m0/s1. The molecule has 0 aromatic heterocycles. The molecule has 121 heavy (non-hydrogen) atoms. The summed E-state index contributed by atoms with van der Waals surface area (Å²) in [6.07, 6.45) is -7.68. The second-order valence-electron chi connectivity index (χ2n) is 29.8. The van der Waals surface area contributed by atoms with Gasteiger partial charge in [-0.25, -0.2) is 4.79 Å². The summed E-state index contributed by atoms with van der Waals surface area (Å²) in [7, 11) is 0. The number of carbonyl (C=O) groups is 20. The van der Waals surface area contributed by atoms with Crippen molar-refractivity contribution < 1.29 is 132 Å². The van der Waals surface area contributed by atoms with Gasteiger partial charge < -0.3 is 139 Å². The molecule has 0 bridgehead atoms. The maximum Gasteiger partial charge on any atom is 0.326 e. The predicted octanol–water partition coefficient (Wildman–Crippen LogP) is -9.22. The van der Waals surface area contributed by atoms with Crippen LogP contribution in [0.25, 0.3) is 0 Å². The van der Waals surface area contributed by atoms with Gasteiger partial charge in [-0.2, -0.15) is 0 Å². The van der Waals surface area contributed by atoms with E-state index in [9.17, 15) is 132 Å². The topological polar surface area (TPSA) is 782 Å². The lowest BCUT2D eigenvalue weighted by Crippen LogP contribution is -2.61. The van der Waals surface area contributed by atoms with Crippen LogP contribution in [0.15, 0.2) is 48.5 Å². The van der Waals surface area contributed by atoms with Crippen LogP contribution in [0, 0.1) is 17.8 Å². The fourth-order valence-electron chi connectivity index (χ4n) is 11.4. The summed E-state index contributed by atoms with van der Waals surface area (Å²) in [4.78, 5) is 266. The molecule has 0 saturated carbocycles. The first-order chi connectivity index (χ1) is 56.7. The highest BCUT2D eigenvalue weighted by Crippen LogP contribution is 2.17. The number of hydrogen-bond donors (Lipinski definition) is 26. The molecule has 0 heterocycles. The van der Waals surface area contributed by atoms with Gasteiger partial charge >= 0.3 is 11.9 Å². The fourth-order valence-corrected chi connectivity index (χ4v) is 11.4. The van der Waals surface area contributed by atoms with Crippen molar-refractivity contribution in [1.82, 2.24) is 74.4 Å². The summed E-state index contributed by atoms with van der Waals surface area (Å²) in [6.45, 7) is 6.71. The number of aliphatic carboxylic acids is 2. The smallest absolute Gasteiger partial charge is 0.326 e. The lowest BCUT2D eigenvalue weighted by molar-refractivity contribution is -0.142. The van der Waals surface area contributed by atoms with Crippen LogP contribution in [0.2, 0.25) is 0 Å². The molecule has 18 amide bonds. The summed E-state index contributed by atoms with van der Waals surface area (Å²) in [5.41, 5.74) is 28.0. The van der Waals surface area contributed by atoms with Gasteiger partial charge in [-0.1, -0.05) is 65.8 Å². The van der Waals surface area contributed by atoms with Crippen LogP contribution in [0.5, 0.6) is 11.5 Å². The SMILES string of the molecule is CC(C)C[C@H](NC(=O)CNC(=O)[C@H](CO)NC(=O)[C@H](CCC(N)=O)NC(=O)[C@H](CCC(N)=O)NC(=O)[C@H](CCC(=O)O)NC(=O)[C@H](CCC(N)=O)NC(=O)[C@H](CC(C)C)NC(=O)[C@H](CO)NC(=O)[C@H](CO)NC(=O)[C@H](CCC(N)=O)NC(=O)[C@H](CC(C)C)NC(=O)[C@H](C)N)C(=O)N[C@@H](Cc1ccc(O)cc1)C(=O)N[C@@H](Cc1ccc(O)cc1)C(=O)O. The minimum absolute atomic E-state index is 0.0495. The van der Waals surface area contributed by atoms with Gasteiger partial charge in [-0.3, -0.25) is 91.1 Å². The lowest BCUT2D eigenvalue weighted by atomic mass is 10.00. The van der Waals surface area contributed by atoms with Crippen molar-refractivity contribution in [2.75, 3.05) is 26.4 Å². The number of carboxylic acids is 2. The zero-order valence-electron chi connectivity index (χ0n) is 68.1. The Balaban J connectivity index is 2.43. The number of aliphatic hydroxyl groups is 3. The third-order valence-electron chi connectivity index (χ3n) is 17.9. The Labute approximate surface area is 695 Å². The summed E-state index contributed by atoms with van der Waals surface area (Å²) in [5, 5.41) is 103. The molecule has 672 valence electrons. The molecule has 0 aliphatic heterocycles. The van der Waals surface area contributed by atoms with Crippen molar-refractivity contribution in [3.63, 3.8) is 0 Å². The average molecular weight is 1710 g/mol. The number of carboxylic acid groups (broad SMARTS) is 2. The van der Waals surface area contributed by atoms with E-state index in [-0.39, 0.29) is 55.4 Å². The number of nitrogens with two attached hydrogens (primary N) is 5. The number of phenolic OH excluding ortho intramolecular Hbond substituents is 2. The zero-order valence-corrected chi connectivity index (χ0v) is 68.1. The molecule has 31 N–H and O–H groups in total. The molecule has 0 aliphatic carbocycles. The van der Waals surface area contributed by atoms with Crippen molar-refractivity contribution >= 4 is 118 Å². The molecule has 0 aliphatic rings. The number of amides is 18. The van der Waals surface area contributed by atoms with Crippen LogP contribution < -0.4 is 103 Å². The Morgan fingerprint density at radius 3 is 0.810 bits per heavy atom. The molecule has 0 radical (unpaired) electrons. The van der Waals surface area contributed by atoms with Gasteiger partial charge in [0.1, 0.15) is 90.0 Å². The fraction of sp³-hybridized carbons (Fsp3) is 0.573. The monoisotopic (exact) mass is 1710 g/mol. The van der Waals surface area contributed by atoms with E-state index in [0.29, 0.717) is 11.1 Å². The number of hydrogen-bond acceptors (Lipinski definition) is 26. The Morgan fingerprint density at radius 2 is 0.529 bits per heavy atom. The van der Waals surface area contributed by atoms with Gasteiger partial charge in [0.05, 0.1) is 32.4 Å². The summed E-state index contributed by atoms with van der Waals surface area (Å²) >= 11 is 0. The maximum absolute atomic E-state index is 14.3. The molecule has 2 aromatic carbocycles. The molecule has 2 rings (SSSR count). The Bertz CT molecular complexity index is 3940. The average Bonchev–Trinajstić information content (AvgIpc) is 0.858. The van der Waals surface area contributed by atoms with Gasteiger partial charge in [0.2, 0.25) is 106 Å². The van der Waals surface area contributed by atoms with Crippen LogP contribution in [-0.4, -0.2) is 265 Å². The third-order valence-corrected chi connectivity index (χ3v) is 17.9. The van der Waals surface area contributed by atoms with E-state index >= 15 is 0 Å². The molecular weight excluding hydrogens is 1600 g/mol. The van der Waals surface area contributed by atoms with E-state index in [1.54, 1.807) is 41.5 Å². The molecule has 0 unspecified atom stereocenters. The van der Waals surface area contributed by atoms with Crippen molar-refractivity contribution in [1.29, 1.82) is 0 Å². The van der Waals surface area contributed by atoms with E-state index in [1.807, 2.05) is 0 Å². The Morgan fingerprint density at radius 1 is 0.298 bits per heavy atom. The molecule has 2 aromatic rings. The van der Waals surface area contributed by atoms with Crippen LogP contribution in [0.4, 0.5) is 0 Å². The van der Waals surface area contributed by atoms with E-state index in [0.717, 1.165) is 0 Å². The number of carbonyl (C=O) groups excluding carboxylic acids is 18. The van der Waals surface area contributed by atoms with Crippen molar-refractivity contribution in [2.45, 2.75) is 229 Å². The number of primary amides is 4. The lowest BCUT2D eigenvalue weighted by Gasteiger charge is -2.28. The van der Waals surface area contributed by atoms with Gasteiger partial charge in [0.15, 0.2) is 0 Å². The predicted molar refractivity (Wildman–Crippen MR) is 423 cm³/mol. The van der Waals surface area contributed by atoms with Crippen LogP contribution in [-0.2, 0) is 109 Å². The highest BCUT2D eigenvalue weighted by Gasteiger charge is 2.39. The number of aromatic hydroxyl groups is 2. The molecule has 14 atom stereocenters. The van der Waals surface area contributed by atoms with Crippen LogP contribution >= 0.6 is 0 Å². The third kappa shape index (κ3) is 40.5. The highest BCUT2D eigenvalue weighted by molar-refractivity contribution is 6.01. The first kappa shape index (κ1) is 104. The van der Waals surface area contributed by atoms with E-state index < -0.39 is 299 Å². The van der Waals surface area contributed by atoms with Crippen molar-refractivity contribution in [2.24, 2.45) is 46.4 Å². The first-order valence-corrected chi connectivity index (χ1v) is 38.6. The molecule has 46 heteroatoms. The molecule has 0 spiro atoms. The second kappa shape index (κ2) is 52.9. The van der Waals surface area contributed by atoms with Gasteiger partial charge in [-0.15, -0.1) is 0 Å². The second-order valence-corrected chi connectivity index (χ2v) is 29.8. The van der Waals surface area contributed by atoms with Crippen molar-refractivity contribution in [3.8, 4) is 11.5 Å². The number of benzene rings is 2. The number of phenols is 2. The van der Waals surface area contributed by atoms with E-state index in [2.05, 4.69) is 74.4 Å². The Kier molecular flexibility index (Phi) is 45.7. The van der Waals surface area contributed by atoms with Crippen molar-refractivity contribution in [3.05, 3.63) is 59.7 Å². The van der Waals surface area contributed by atoms with Gasteiger partial charge in [-0.05, 0) is 111 Å². The van der Waals surface area contributed by atoms with Crippen LogP contribution in [0.1, 0.15) is 143 Å². The summed E-state index contributed by atoms with van der Waals surface area (Å²) in [6, 6.07) is -13.0. The largest absolute Gasteiger partial charge is 0.508 e. The summed E-state index contributed by atoms with van der Waals surface area (Å²) in [5.74, 6) is -24.7. The normalized spacial score (nSPS) is 14.6. The highest BCUT2D eigenvalue weighted by atomic mass is 16.4.